The minimum absolute atomic E-state index is 0.0708. The van der Waals surface area contributed by atoms with Crippen LogP contribution < -0.4 is 0 Å². The number of carbonyl (C=O) groups is 2. The van der Waals surface area contributed by atoms with Crippen LogP contribution in [0.2, 0.25) is 5.02 Å². The van der Waals surface area contributed by atoms with Crippen molar-refractivity contribution in [2.75, 3.05) is 26.2 Å². The number of hydrogen-bond donors (Lipinski definition) is 0. The zero-order valence-electron chi connectivity index (χ0n) is 18.4. The van der Waals surface area contributed by atoms with Gasteiger partial charge in [-0.3, -0.25) is 9.59 Å². The third-order valence-corrected chi connectivity index (χ3v) is 6.78. The second-order valence-corrected chi connectivity index (χ2v) is 8.98. The van der Waals surface area contributed by atoms with E-state index in [2.05, 4.69) is 5.10 Å². The highest BCUT2D eigenvalue weighted by atomic mass is 35.5. The molecule has 2 aliphatic rings. The van der Waals surface area contributed by atoms with E-state index in [1.807, 2.05) is 0 Å². The quantitative estimate of drug-likeness (QED) is 0.557. The summed E-state index contributed by atoms with van der Waals surface area (Å²) in [5.41, 5.74) is 3.36. The molecule has 0 atom stereocenters. The molecule has 34 heavy (non-hydrogen) atoms. The van der Waals surface area contributed by atoms with E-state index in [0.717, 1.165) is 48.7 Å². The molecule has 6 nitrogen and oxygen atoms in total. The third kappa shape index (κ3) is 4.18. The Bertz CT molecular complexity index is 1250. The predicted molar refractivity (Wildman–Crippen MR) is 123 cm³/mol. The highest BCUT2D eigenvalue weighted by Crippen LogP contribution is 2.28. The Kier molecular flexibility index (Phi) is 6.08. The van der Waals surface area contributed by atoms with E-state index in [0.29, 0.717) is 31.9 Å². The van der Waals surface area contributed by atoms with E-state index in [-0.39, 0.29) is 28.2 Å². The first-order chi connectivity index (χ1) is 16.4. The Morgan fingerprint density at radius 3 is 2.12 bits per heavy atom. The number of rotatable bonds is 3. The van der Waals surface area contributed by atoms with Gasteiger partial charge in [-0.15, -0.1) is 0 Å². The van der Waals surface area contributed by atoms with E-state index >= 15 is 0 Å². The molecule has 5 rings (SSSR count). The molecule has 0 N–H and O–H groups in total. The first-order valence-corrected chi connectivity index (χ1v) is 11.7. The first kappa shape index (κ1) is 22.5. The fourth-order valence-corrected chi connectivity index (χ4v) is 4.91. The SMILES string of the molecule is O=C(c1ccc(F)cc1Cl)N1CCN(C(=O)c2nn(-c3ccc(F)cc3)c3c2CCCC3)CC1. The molecule has 9 heteroatoms. The molecule has 2 amide bonds. The molecule has 2 aromatic carbocycles. The molecule has 1 saturated heterocycles. The van der Waals surface area contributed by atoms with Gasteiger partial charge in [0.25, 0.3) is 11.8 Å². The molecular weight excluding hydrogens is 462 g/mol. The van der Waals surface area contributed by atoms with Gasteiger partial charge in [-0.25, -0.2) is 13.5 Å². The second-order valence-electron chi connectivity index (χ2n) is 8.58. The normalized spacial score (nSPS) is 15.9. The van der Waals surface area contributed by atoms with Crippen molar-refractivity contribution >= 4 is 23.4 Å². The molecule has 1 aliphatic heterocycles. The molecule has 2 heterocycles. The molecular formula is C25H23ClF2N4O2. The zero-order chi connectivity index (χ0) is 23.8. The van der Waals surface area contributed by atoms with Gasteiger partial charge in [0.05, 0.1) is 16.3 Å². The Labute approximate surface area is 200 Å². The van der Waals surface area contributed by atoms with Crippen molar-refractivity contribution in [1.82, 2.24) is 19.6 Å². The summed E-state index contributed by atoms with van der Waals surface area (Å²) in [6, 6.07) is 9.81. The van der Waals surface area contributed by atoms with Gasteiger partial charge in [-0.2, -0.15) is 5.10 Å². The summed E-state index contributed by atoms with van der Waals surface area (Å²) in [7, 11) is 0. The van der Waals surface area contributed by atoms with Crippen molar-refractivity contribution < 1.29 is 18.4 Å². The largest absolute Gasteiger partial charge is 0.335 e. The highest BCUT2D eigenvalue weighted by molar-refractivity contribution is 6.33. The lowest BCUT2D eigenvalue weighted by Gasteiger charge is -2.34. The molecule has 0 radical (unpaired) electrons. The van der Waals surface area contributed by atoms with Crippen LogP contribution in [-0.2, 0) is 12.8 Å². The molecule has 0 unspecified atom stereocenters. The van der Waals surface area contributed by atoms with Crippen molar-refractivity contribution in [2.24, 2.45) is 0 Å². The average molecular weight is 485 g/mol. The summed E-state index contributed by atoms with van der Waals surface area (Å²) in [4.78, 5) is 29.6. The van der Waals surface area contributed by atoms with Gasteiger partial charge >= 0.3 is 0 Å². The fraction of sp³-hybridized carbons (Fsp3) is 0.320. The van der Waals surface area contributed by atoms with E-state index in [1.54, 1.807) is 26.6 Å². The number of carbonyl (C=O) groups excluding carboxylic acids is 2. The number of nitrogens with zero attached hydrogens (tertiary/aromatic N) is 4. The molecule has 0 spiro atoms. The van der Waals surface area contributed by atoms with Crippen LogP contribution in [0.5, 0.6) is 0 Å². The van der Waals surface area contributed by atoms with Crippen LogP contribution in [0.3, 0.4) is 0 Å². The molecule has 0 saturated carbocycles. The first-order valence-electron chi connectivity index (χ1n) is 11.3. The summed E-state index contributed by atoms with van der Waals surface area (Å²) in [6.07, 6.45) is 3.59. The molecule has 1 fully saturated rings. The van der Waals surface area contributed by atoms with Crippen LogP contribution in [0.1, 0.15) is 44.9 Å². The summed E-state index contributed by atoms with van der Waals surface area (Å²) in [6.45, 7) is 1.42. The molecule has 176 valence electrons. The van der Waals surface area contributed by atoms with E-state index in [4.69, 9.17) is 11.6 Å². The van der Waals surface area contributed by atoms with Gasteiger partial charge in [-0.1, -0.05) is 11.6 Å². The lowest BCUT2D eigenvalue weighted by atomic mass is 9.95. The maximum absolute atomic E-state index is 13.4. The maximum Gasteiger partial charge on any atom is 0.274 e. The fourth-order valence-electron chi connectivity index (χ4n) is 4.66. The summed E-state index contributed by atoms with van der Waals surface area (Å²) in [5, 5.41) is 4.73. The van der Waals surface area contributed by atoms with Crippen molar-refractivity contribution in [3.8, 4) is 5.69 Å². The Morgan fingerprint density at radius 2 is 1.44 bits per heavy atom. The Hall–Kier alpha value is -3.26. The van der Waals surface area contributed by atoms with Gasteiger partial charge in [0.1, 0.15) is 11.6 Å². The number of halogens is 3. The summed E-state index contributed by atoms with van der Waals surface area (Å²) >= 11 is 6.05. The van der Waals surface area contributed by atoms with Crippen molar-refractivity contribution in [2.45, 2.75) is 25.7 Å². The van der Waals surface area contributed by atoms with Crippen LogP contribution in [0, 0.1) is 11.6 Å². The Balaban J connectivity index is 1.34. The minimum atomic E-state index is -0.500. The van der Waals surface area contributed by atoms with Gasteiger partial charge in [0, 0.05) is 37.4 Å². The van der Waals surface area contributed by atoms with Crippen LogP contribution >= 0.6 is 11.6 Å². The average Bonchev–Trinajstić information content (AvgIpc) is 3.23. The minimum Gasteiger partial charge on any atom is -0.335 e. The van der Waals surface area contributed by atoms with Crippen LogP contribution in [-0.4, -0.2) is 57.6 Å². The molecule has 0 bridgehead atoms. The van der Waals surface area contributed by atoms with Crippen molar-refractivity contribution in [1.29, 1.82) is 0 Å². The number of hydrogen-bond acceptors (Lipinski definition) is 3. The van der Waals surface area contributed by atoms with Gasteiger partial charge in [0.15, 0.2) is 5.69 Å². The van der Waals surface area contributed by atoms with Crippen LogP contribution in [0.4, 0.5) is 8.78 Å². The monoisotopic (exact) mass is 484 g/mol. The smallest absolute Gasteiger partial charge is 0.274 e. The number of amides is 2. The van der Waals surface area contributed by atoms with E-state index < -0.39 is 5.82 Å². The van der Waals surface area contributed by atoms with E-state index in [9.17, 15) is 18.4 Å². The molecule has 1 aliphatic carbocycles. The molecule has 1 aromatic heterocycles. The van der Waals surface area contributed by atoms with Gasteiger partial charge in [0.2, 0.25) is 0 Å². The lowest BCUT2D eigenvalue weighted by molar-refractivity contribution is 0.0531. The van der Waals surface area contributed by atoms with Crippen molar-refractivity contribution in [3.05, 3.63) is 81.6 Å². The number of piperazine rings is 1. The van der Waals surface area contributed by atoms with Crippen LogP contribution in [0.15, 0.2) is 42.5 Å². The standard InChI is InChI=1S/C25H23ClF2N4O2/c26-21-15-17(28)7-10-19(21)24(33)30-11-13-31(14-12-30)25(34)23-20-3-1-2-4-22(20)32(29-23)18-8-5-16(27)6-9-18/h5-10,15H,1-4,11-14H2. The van der Waals surface area contributed by atoms with Crippen LogP contribution in [0.25, 0.3) is 5.69 Å². The second kappa shape index (κ2) is 9.18. The zero-order valence-corrected chi connectivity index (χ0v) is 19.2. The lowest BCUT2D eigenvalue weighted by Crippen LogP contribution is -2.50. The topological polar surface area (TPSA) is 58.4 Å². The van der Waals surface area contributed by atoms with Gasteiger partial charge in [-0.05, 0) is 68.1 Å². The number of benzene rings is 2. The van der Waals surface area contributed by atoms with E-state index in [1.165, 1.54) is 24.3 Å². The van der Waals surface area contributed by atoms with Crippen molar-refractivity contribution in [3.63, 3.8) is 0 Å². The predicted octanol–water partition coefficient (Wildman–Crippen LogP) is 4.28. The molecule has 3 aromatic rings. The number of fused-ring (bicyclic) bond motifs is 1. The third-order valence-electron chi connectivity index (χ3n) is 6.47. The highest BCUT2D eigenvalue weighted by Gasteiger charge is 2.31. The summed E-state index contributed by atoms with van der Waals surface area (Å²) < 4.78 is 28.5. The number of aromatic nitrogens is 2. The Morgan fingerprint density at radius 1 is 0.824 bits per heavy atom. The maximum atomic E-state index is 13.4. The van der Waals surface area contributed by atoms with Gasteiger partial charge < -0.3 is 9.80 Å². The summed E-state index contributed by atoms with van der Waals surface area (Å²) in [5.74, 6) is -1.27.